The molecule has 3 nitrogen and oxygen atoms in total. The second-order valence-corrected chi connectivity index (χ2v) is 8.43. The molecule has 27 heavy (non-hydrogen) atoms. The molecule has 3 rings (SSSR count). The van der Waals surface area contributed by atoms with Crippen LogP contribution in [0.1, 0.15) is 75.8 Å². The Morgan fingerprint density at radius 1 is 1.11 bits per heavy atom. The molecular formula is C23H30ClN3. The highest BCUT2D eigenvalue weighted by molar-refractivity contribution is 6.25. The summed E-state index contributed by atoms with van der Waals surface area (Å²) in [7, 11) is 0. The molecule has 4 heteroatoms. The van der Waals surface area contributed by atoms with Gasteiger partial charge in [-0.2, -0.15) is 5.26 Å². The number of unbranched alkanes of at least 4 members (excludes halogenated alkanes) is 1. The maximum Gasteiger partial charge on any atom is 0.150 e. The molecular weight excluding hydrogens is 354 g/mol. The van der Waals surface area contributed by atoms with Gasteiger partial charge in [-0.3, -0.25) is 4.42 Å². The van der Waals surface area contributed by atoms with E-state index in [-0.39, 0.29) is 0 Å². The molecule has 0 unspecified atom stereocenters. The van der Waals surface area contributed by atoms with Crippen molar-refractivity contribution < 1.29 is 0 Å². The lowest BCUT2D eigenvalue weighted by Gasteiger charge is -2.29. The van der Waals surface area contributed by atoms with Crippen molar-refractivity contribution in [2.24, 2.45) is 16.8 Å². The number of rotatable bonds is 7. The highest BCUT2D eigenvalue weighted by atomic mass is 35.5. The van der Waals surface area contributed by atoms with E-state index in [0.29, 0.717) is 5.56 Å². The summed E-state index contributed by atoms with van der Waals surface area (Å²) in [6, 6.07) is 9.56. The molecule has 2 aliphatic rings. The van der Waals surface area contributed by atoms with Crippen LogP contribution in [0.2, 0.25) is 0 Å². The second kappa shape index (κ2) is 9.95. The van der Waals surface area contributed by atoms with Crippen molar-refractivity contribution in [2.45, 2.75) is 64.7 Å². The Morgan fingerprint density at radius 2 is 1.78 bits per heavy atom. The van der Waals surface area contributed by atoms with E-state index in [2.05, 4.69) is 18.0 Å². The van der Waals surface area contributed by atoms with E-state index in [0.717, 1.165) is 36.2 Å². The molecule has 0 bridgehead atoms. The molecule has 1 aromatic carbocycles. The number of amidine groups is 1. The third-order valence-electron chi connectivity index (χ3n) is 6.02. The van der Waals surface area contributed by atoms with Gasteiger partial charge in [-0.15, -0.1) is 0 Å². The molecule has 0 radical (unpaired) electrons. The fourth-order valence-corrected chi connectivity index (χ4v) is 4.55. The van der Waals surface area contributed by atoms with E-state index in [1.54, 1.807) is 16.6 Å². The van der Waals surface area contributed by atoms with Gasteiger partial charge in [0.25, 0.3) is 0 Å². The van der Waals surface area contributed by atoms with Crippen molar-refractivity contribution >= 4 is 17.6 Å². The van der Waals surface area contributed by atoms with E-state index in [9.17, 15) is 0 Å². The minimum Gasteiger partial charge on any atom is -0.264 e. The molecule has 0 spiro atoms. The van der Waals surface area contributed by atoms with Crippen LogP contribution in [-0.2, 0) is 0 Å². The zero-order valence-electron chi connectivity index (χ0n) is 16.3. The summed E-state index contributed by atoms with van der Waals surface area (Å²) < 4.78 is 1.71. The smallest absolute Gasteiger partial charge is 0.150 e. The van der Waals surface area contributed by atoms with Crippen LogP contribution in [0.15, 0.2) is 41.0 Å². The first kappa shape index (κ1) is 20.0. The Balaban J connectivity index is 1.50. The first-order valence-electron chi connectivity index (χ1n) is 10.4. The van der Waals surface area contributed by atoms with E-state index in [1.165, 1.54) is 56.9 Å². The number of hydrogen-bond donors (Lipinski definition) is 0. The maximum absolute atomic E-state index is 8.92. The summed E-state index contributed by atoms with van der Waals surface area (Å²) in [5.74, 6) is 2.62. The number of hydrogen-bond acceptors (Lipinski definition) is 3. The molecule has 144 valence electrons. The highest BCUT2D eigenvalue weighted by Crippen LogP contribution is 2.35. The number of nitrogens with zero attached hydrogens (tertiary/aromatic N) is 3. The molecule has 1 aliphatic heterocycles. The first-order valence-corrected chi connectivity index (χ1v) is 10.7. The van der Waals surface area contributed by atoms with Crippen LogP contribution in [0.25, 0.3) is 0 Å². The van der Waals surface area contributed by atoms with Crippen LogP contribution in [-0.4, -0.2) is 16.8 Å². The lowest BCUT2D eigenvalue weighted by atomic mass is 9.78. The van der Waals surface area contributed by atoms with Crippen molar-refractivity contribution in [1.82, 2.24) is 4.42 Å². The van der Waals surface area contributed by atoms with Crippen molar-refractivity contribution in [3.63, 3.8) is 0 Å². The largest absolute Gasteiger partial charge is 0.264 e. The standard InChI is InChI=1S/C23H30ClN3/c1-2-3-4-18-5-7-19(8-6-18)9-10-21-16-26-23(27(24)17-21)22-13-11-20(15-25)12-14-22/h11-14,16,18-19H,2-10,17H2,1H3/t18-,19-. The summed E-state index contributed by atoms with van der Waals surface area (Å²) in [5.41, 5.74) is 2.91. The van der Waals surface area contributed by atoms with Gasteiger partial charge in [0.05, 0.1) is 18.2 Å². The fraction of sp³-hybridized carbons (Fsp3) is 0.565. The summed E-state index contributed by atoms with van der Waals surface area (Å²) in [6.07, 6.45) is 14.1. The average molecular weight is 384 g/mol. The second-order valence-electron chi connectivity index (χ2n) is 8.02. The number of benzene rings is 1. The van der Waals surface area contributed by atoms with E-state index < -0.39 is 0 Å². The van der Waals surface area contributed by atoms with Gasteiger partial charge < -0.3 is 0 Å². The third kappa shape index (κ3) is 5.59. The molecule has 1 heterocycles. The van der Waals surface area contributed by atoms with Crippen LogP contribution in [0, 0.1) is 23.2 Å². The number of aliphatic imine (C=N–C) groups is 1. The fourth-order valence-electron chi connectivity index (χ4n) is 4.25. The van der Waals surface area contributed by atoms with E-state index >= 15 is 0 Å². The Labute approximate surface area is 168 Å². The Kier molecular flexibility index (Phi) is 7.35. The van der Waals surface area contributed by atoms with Crippen LogP contribution in [0.5, 0.6) is 0 Å². The summed E-state index contributed by atoms with van der Waals surface area (Å²) in [6.45, 7) is 3.02. The minimum absolute atomic E-state index is 0.650. The molecule has 0 atom stereocenters. The van der Waals surface area contributed by atoms with Crippen molar-refractivity contribution in [3.8, 4) is 6.07 Å². The molecule has 0 N–H and O–H groups in total. The lowest BCUT2D eigenvalue weighted by Crippen LogP contribution is -2.27. The zero-order valence-corrected chi connectivity index (χ0v) is 17.1. The molecule has 1 aliphatic carbocycles. The molecule has 1 fully saturated rings. The Bertz CT molecular complexity index is 706. The van der Waals surface area contributed by atoms with Crippen molar-refractivity contribution in [1.29, 1.82) is 5.26 Å². The topological polar surface area (TPSA) is 39.4 Å². The van der Waals surface area contributed by atoms with E-state index in [1.807, 2.05) is 18.3 Å². The maximum atomic E-state index is 8.92. The van der Waals surface area contributed by atoms with Gasteiger partial charge in [-0.25, -0.2) is 4.99 Å². The van der Waals surface area contributed by atoms with Crippen LogP contribution < -0.4 is 0 Å². The first-order chi connectivity index (χ1) is 13.2. The van der Waals surface area contributed by atoms with Gasteiger partial charge in [0, 0.05) is 23.5 Å². The lowest BCUT2D eigenvalue weighted by molar-refractivity contribution is 0.249. The third-order valence-corrected chi connectivity index (χ3v) is 6.30. The van der Waals surface area contributed by atoms with Crippen molar-refractivity contribution in [2.75, 3.05) is 6.54 Å². The van der Waals surface area contributed by atoms with Crippen molar-refractivity contribution in [3.05, 3.63) is 47.2 Å². The average Bonchev–Trinajstić information content (AvgIpc) is 2.72. The SMILES string of the molecule is CCCC[C@H]1CC[C@H](CCC2=CN=C(c3ccc(C#N)cc3)N(Cl)C2)CC1. The van der Waals surface area contributed by atoms with E-state index in [4.69, 9.17) is 17.0 Å². The summed E-state index contributed by atoms with van der Waals surface area (Å²) in [5, 5.41) is 8.92. The monoisotopic (exact) mass is 383 g/mol. The quantitative estimate of drug-likeness (QED) is 0.508. The van der Waals surface area contributed by atoms with Crippen LogP contribution in [0.4, 0.5) is 0 Å². The molecule has 1 aromatic rings. The summed E-state index contributed by atoms with van der Waals surface area (Å²) >= 11 is 6.47. The van der Waals surface area contributed by atoms with Crippen LogP contribution >= 0.6 is 11.8 Å². The molecule has 0 saturated heterocycles. The highest BCUT2D eigenvalue weighted by Gasteiger charge is 2.22. The van der Waals surface area contributed by atoms with Crippen LogP contribution in [0.3, 0.4) is 0 Å². The summed E-state index contributed by atoms with van der Waals surface area (Å²) in [4.78, 5) is 4.59. The molecule has 0 amide bonds. The Hall–Kier alpha value is -1.79. The van der Waals surface area contributed by atoms with Gasteiger partial charge in [-0.05, 0) is 54.5 Å². The van der Waals surface area contributed by atoms with Gasteiger partial charge in [0.2, 0.25) is 0 Å². The normalized spacial score (nSPS) is 22.8. The van der Waals surface area contributed by atoms with Gasteiger partial charge in [0.15, 0.2) is 5.84 Å². The predicted molar refractivity (Wildman–Crippen MR) is 113 cm³/mol. The van der Waals surface area contributed by atoms with Gasteiger partial charge >= 0.3 is 0 Å². The Morgan fingerprint density at radius 3 is 2.37 bits per heavy atom. The molecule has 1 saturated carbocycles. The van der Waals surface area contributed by atoms with Gasteiger partial charge in [0.1, 0.15) is 0 Å². The minimum atomic E-state index is 0.650. The number of nitriles is 1. The zero-order chi connectivity index (χ0) is 19.1. The van der Waals surface area contributed by atoms with Gasteiger partial charge in [-0.1, -0.05) is 51.9 Å². The predicted octanol–water partition coefficient (Wildman–Crippen LogP) is 6.43. The number of halogens is 1. The molecule has 0 aromatic heterocycles.